The molecular formula is C23H29N5O2. The summed E-state index contributed by atoms with van der Waals surface area (Å²) in [5.74, 6) is 1.99. The summed E-state index contributed by atoms with van der Waals surface area (Å²) in [6, 6.07) is 9.89. The van der Waals surface area contributed by atoms with Crippen molar-refractivity contribution >= 4 is 17.6 Å². The lowest BCUT2D eigenvalue weighted by molar-refractivity contribution is -0.131. The summed E-state index contributed by atoms with van der Waals surface area (Å²) in [5.41, 5.74) is 3.08. The molecule has 0 radical (unpaired) electrons. The van der Waals surface area contributed by atoms with Crippen molar-refractivity contribution in [2.24, 2.45) is 0 Å². The zero-order valence-corrected chi connectivity index (χ0v) is 17.7. The van der Waals surface area contributed by atoms with E-state index in [1.165, 1.54) is 0 Å². The van der Waals surface area contributed by atoms with Crippen molar-refractivity contribution in [3.63, 3.8) is 0 Å². The van der Waals surface area contributed by atoms with Crippen LogP contribution in [-0.2, 0) is 29.0 Å². The third-order valence-corrected chi connectivity index (χ3v) is 6.10. The molecule has 0 spiro atoms. The van der Waals surface area contributed by atoms with Crippen molar-refractivity contribution in [2.75, 3.05) is 32.0 Å². The van der Waals surface area contributed by atoms with Gasteiger partial charge in [-0.3, -0.25) is 9.59 Å². The molecule has 1 aromatic heterocycles. The molecule has 30 heavy (non-hydrogen) atoms. The third kappa shape index (κ3) is 4.30. The second-order valence-electron chi connectivity index (χ2n) is 8.14. The molecule has 1 atom stereocenters. The molecular weight excluding hydrogens is 378 g/mol. The number of benzene rings is 1. The van der Waals surface area contributed by atoms with E-state index in [1.807, 2.05) is 47.2 Å². The van der Waals surface area contributed by atoms with E-state index in [4.69, 9.17) is 9.97 Å². The molecule has 4 rings (SSSR count). The minimum absolute atomic E-state index is 0.0756. The van der Waals surface area contributed by atoms with Crippen LogP contribution in [0.5, 0.6) is 0 Å². The summed E-state index contributed by atoms with van der Waals surface area (Å²) >= 11 is 0. The summed E-state index contributed by atoms with van der Waals surface area (Å²) in [6.45, 7) is 4.29. The zero-order valence-electron chi connectivity index (χ0n) is 17.7. The third-order valence-electron chi connectivity index (χ3n) is 6.10. The van der Waals surface area contributed by atoms with Crippen LogP contribution >= 0.6 is 0 Å². The number of rotatable bonds is 4. The molecule has 2 aromatic rings. The van der Waals surface area contributed by atoms with Crippen molar-refractivity contribution in [1.29, 1.82) is 0 Å². The van der Waals surface area contributed by atoms with Crippen LogP contribution < -0.4 is 5.32 Å². The van der Waals surface area contributed by atoms with Gasteiger partial charge in [-0.25, -0.2) is 9.97 Å². The number of anilines is 1. The predicted molar refractivity (Wildman–Crippen MR) is 115 cm³/mol. The molecule has 1 N–H and O–H groups in total. The van der Waals surface area contributed by atoms with Gasteiger partial charge in [0.2, 0.25) is 11.8 Å². The summed E-state index contributed by atoms with van der Waals surface area (Å²) in [6.07, 6.45) is 3.11. The van der Waals surface area contributed by atoms with Crippen LogP contribution in [0.25, 0.3) is 0 Å². The van der Waals surface area contributed by atoms with Crippen LogP contribution in [0, 0.1) is 0 Å². The van der Waals surface area contributed by atoms with Gasteiger partial charge in [0.25, 0.3) is 0 Å². The zero-order chi connectivity index (χ0) is 21.1. The fourth-order valence-electron chi connectivity index (χ4n) is 4.39. The smallest absolute Gasteiger partial charge is 0.227 e. The lowest BCUT2D eigenvalue weighted by Gasteiger charge is -2.33. The fraction of sp³-hybridized carbons (Fsp3) is 0.478. The topological polar surface area (TPSA) is 78.4 Å². The number of fused-ring (bicyclic) bond motifs is 1. The monoisotopic (exact) mass is 407 g/mol. The van der Waals surface area contributed by atoms with Crippen molar-refractivity contribution in [3.05, 3.63) is 53.0 Å². The number of likely N-dealkylation sites (tertiary alicyclic amines) is 1. The normalized spacial score (nSPS) is 18.7. The largest absolute Gasteiger partial charge is 0.373 e. The standard InChI is InChI=1S/C23H29N5O2/c1-16(29)27-12-10-20-19(15-27)23(24-2)26-22(25-20)18-9-6-11-28(14-18)21(30)13-17-7-4-3-5-8-17/h3-5,7-8,18H,6,9-15H2,1-2H3,(H,24,25,26)/t18-/m1/s1. The van der Waals surface area contributed by atoms with Gasteiger partial charge < -0.3 is 15.1 Å². The van der Waals surface area contributed by atoms with E-state index >= 15 is 0 Å². The van der Waals surface area contributed by atoms with E-state index < -0.39 is 0 Å². The van der Waals surface area contributed by atoms with Crippen LogP contribution in [0.15, 0.2) is 30.3 Å². The first-order valence-corrected chi connectivity index (χ1v) is 10.7. The molecule has 0 saturated carbocycles. The number of aromatic nitrogens is 2. The Labute approximate surface area is 177 Å². The van der Waals surface area contributed by atoms with Crippen molar-refractivity contribution < 1.29 is 9.59 Å². The molecule has 1 saturated heterocycles. The van der Waals surface area contributed by atoms with Gasteiger partial charge in [0.15, 0.2) is 0 Å². The van der Waals surface area contributed by atoms with Gasteiger partial charge in [-0.15, -0.1) is 0 Å². The van der Waals surface area contributed by atoms with Gasteiger partial charge >= 0.3 is 0 Å². The number of carbonyl (C=O) groups excluding carboxylic acids is 2. The molecule has 7 nitrogen and oxygen atoms in total. The number of hydrogen-bond donors (Lipinski definition) is 1. The molecule has 158 valence electrons. The van der Waals surface area contributed by atoms with Gasteiger partial charge in [-0.2, -0.15) is 0 Å². The van der Waals surface area contributed by atoms with Gasteiger partial charge in [-0.05, 0) is 18.4 Å². The lowest BCUT2D eigenvalue weighted by atomic mass is 9.95. The van der Waals surface area contributed by atoms with Crippen LogP contribution in [0.4, 0.5) is 5.82 Å². The van der Waals surface area contributed by atoms with Gasteiger partial charge in [0.1, 0.15) is 11.6 Å². The molecule has 1 fully saturated rings. The summed E-state index contributed by atoms with van der Waals surface area (Å²) in [4.78, 5) is 38.1. The Bertz CT molecular complexity index is 913. The number of nitrogens with zero attached hydrogens (tertiary/aromatic N) is 4. The van der Waals surface area contributed by atoms with E-state index in [9.17, 15) is 9.59 Å². The number of amides is 2. The van der Waals surface area contributed by atoms with E-state index in [1.54, 1.807) is 6.92 Å². The molecule has 2 amide bonds. The van der Waals surface area contributed by atoms with Crippen molar-refractivity contribution in [1.82, 2.24) is 19.8 Å². The highest BCUT2D eigenvalue weighted by molar-refractivity contribution is 5.79. The van der Waals surface area contributed by atoms with E-state index in [0.717, 1.165) is 54.3 Å². The Morgan fingerprint density at radius 3 is 2.67 bits per heavy atom. The van der Waals surface area contributed by atoms with Crippen molar-refractivity contribution in [2.45, 2.75) is 45.1 Å². The number of piperidine rings is 1. The molecule has 7 heteroatoms. The Kier molecular flexibility index (Phi) is 5.97. The summed E-state index contributed by atoms with van der Waals surface area (Å²) in [7, 11) is 1.86. The quantitative estimate of drug-likeness (QED) is 0.842. The first-order chi connectivity index (χ1) is 14.5. The van der Waals surface area contributed by atoms with Gasteiger partial charge in [-0.1, -0.05) is 30.3 Å². The number of nitrogens with one attached hydrogen (secondary N) is 1. The highest BCUT2D eigenvalue weighted by Gasteiger charge is 2.29. The Balaban J connectivity index is 1.51. The predicted octanol–water partition coefficient (Wildman–Crippen LogP) is 2.37. The average Bonchev–Trinajstić information content (AvgIpc) is 2.78. The van der Waals surface area contributed by atoms with E-state index in [2.05, 4.69) is 5.32 Å². The van der Waals surface area contributed by atoms with Gasteiger partial charge in [0, 0.05) is 51.5 Å². The number of hydrogen-bond acceptors (Lipinski definition) is 5. The molecule has 1 aromatic carbocycles. The number of carbonyl (C=O) groups is 2. The lowest BCUT2D eigenvalue weighted by Crippen LogP contribution is -2.41. The van der Waals surface area contributed by atoms with Crippen LogP contribution in [-0.4, -0.2) is 58.3 Å². The first kappa shape index (κ1) is 20.3. The molecule has 3 heterocycles. The van der Waals surface area contributed by atoms with Gasteiger partial charge in [0.05, 0.1) is 18.7 Å². The minimum Gasteiger partial charge on any atom is -0.373 e. The SMILES string of the molecule is CNc1nc([C@@H]2CCCN(C(=O)Cc3ccccc3)C2)nc2c1CN(C(C)=O)CC2. The molecule has 2 aliphatic heterocycles. The summed E-state index contributed by atoms with van der Waals surface area (Å²) < 4.78 is 0. The maximum atomic E-state index is 12.8. The Hall–Kier alpha value is -2.96. The second kappa shape index (κ2) is 8.81. The molecule has 0 aliphatic carbocycles. The highest BCUT2D eigenvalue weighted by Crippen LogP contribution is 2.30. The summed E-state index contributed by atoms with van der Waals surface area (Å²) in [5, 5.41) is 3.19. The Morgan fingerprint density at radius 2 is 1.93 bits per heavy atom. The average molecular weight is 408 g/mol. The van der Waals surface area contributed by atoms with Crippen LogP contribution in [0.3, 0.4) is 0 Å². The fourth-order valence-corrected chi connectivity index (χ4v) is 4.39. The van der Waals surface area contributed by atoms with Crippen LogP contribution in [0.2, 0.25) is 0 Å². The van der Waals surface area contributed by atoms with E-state index in [-0.39, 0.29) is 17.7 Å². The molecule has 0 bridgehead atoms. The Morgan fingerprint density at radius 1 is 1.13 bits per heavy atom. The highest BCUT2D eigenvalue weighted by atomic mass is 16.2. The second-order valence-corrected chi connectivity index (χ2v) is 8.14. The maximum absolute atomic E-state index is 12.8. The van der Waals surface area contributed by atoms with E-state index in [0.29, 0.717) is 26.1 Å². The molecule has 2 aliphatic rings. The van der Waals surface area contributed by atoms with Crippen molar-refractivity contribution in [3.8, 4) is 0 Å². The van der Waals surface area contributed by atoms with Crippen LogP contribution in [0.1, 0.15) is 48.3 Å². The maximum Gasteiger partial charge on any atom is 0.227 e. The first-order valence-electron chi connectivity index (χ1n) is 10.7. The molecule has 0 unspecified atom stereocenters. The minimum atomic E-state index is 0.0756.